The van der Waals surface area contributed by atoms with Crippen LogP contribution in [0.1, 0.15) is 23.2 Å². The van der Waals surface area contributed by atoms with Crippen LogP contribution in [0.3, 0.4) is 0 Å². The van der Waals surface area contributed by atoms with Gasteiger partial charge in [-0.05, 0) is 25.0 Å². The quantitative estimate of drug-likeness (QED) is 0.763. The number of carbonyl (C=O) groups is 3. The zero-order chi connectivity index (χ0) is 22.8. The second-order valence-electron chi connectivity index (χ2n) is 7.38. The lowest BCUT2D eigenvalue weighted by atomic mass is 9.85. The van der Waals surface area contributed by atoms with Crippen LogP contribution in [0.5, 0.6) is 0 Å². The molecule has 0 radical (unpaired) electrons. The molecule has 1 spiro atoms. The van der Waals surface area contributed by atoms with E-state index in [-0.39, 0.29) is 11.8 Å². The van der Waals surface area contributed by atoms with Crippen LogP contribution >= 0.6 is 0 Å². The fraction of sp³-hybridized carbons (Fsp3) is 0.421. The number of carbonyl (C=O) groups excluding carboxylic acids is 2. The number of aryl methyl sites for hydroxylation is 1. The second kappa shape index (κ2) is 8.36. The first kappa shape index (κ1) is 22.2. The van der Waals surface area contributed by atoms with E-state index in [1.165, 1.54) is 0 Å². The Morgan fingerprint density at radius 3 is 2.42 bits per heavy atom. The molecule has 4 heterocycles. The smallest absolute Gasteiger partial charge is 0.475 e. The van der Waals surface area contributed by atoms with Crippen LogP contribution in [-0.2, 0) is 16.6 Å². The Morgan fingerprint density at radius 1 is 1.19 bits per heavy atom. The highest BCUT2D eigenvalue weighted by molar-refractivity contribution is 6.01. The van der Waals surface area contributed by atoms with E-state index in [1.54, 1.807) is 45.2 Å². The molecule has 2 aliphatic rings. The lowest BCUT2D eigenvalue weighted by Gasteiger charge is -2.23. The number of rotatable bonds is 2. The van der Waals surface area contributed by atoms with Gasteiger partial charge in [-0.3, -0.25) is 19.3 Å². The third-order valence-electron chi connectivity index (χ3n) is 5.31. The van der Waals surface area contributed by atoms with Gasteiger partial charge in [-0.1, -0.05) is 0 Å². The molecular formula is C19H20F3N5O4. The topological polar surface area (TPSA) is 109 Å². The summed E-state index contributed by atoms with van der Waals surface area (Å²) < 4.78 is 33.4. The zero-order valence-electron chi connectivity index (χ0n) is 16.5. The largest absolute Gasteiger partial charge is 0.490 e. The third kappa shape index (κ3) is 4.67. The molecule has 2 saturated heterocycles. The fourth-order valence-electron chi connectivity index (χ4n) is 3.71. The zero-order valence-corrected chi connectivity index (χ0v) is 16.5. The minimum atomic E-state index is -5.08. The van der Waals surface area contributed by atoms with Crippen LogP contribution in [0, 0.1) is 5.41 Å². The first-order valence-electron chi connectivity index (χ1n) is 9.33. The van der Waals surface area contributed by atoms with E-state index in [2.05, 4.69) is 10.1 Å². The van der Waals surface area contributed by atoms with E-state index in [0.717, 1.165) is 12.1 Å². The standard InChI is InChI=1S/C17H19N5O2.C2HF3O2/c1-20-11-14(10-19-20)22-8-5-17(16(22)24)4-7-21(12-17)15(23)13-3-2-6-18-9-13;3-2(4,5)1(6)7/h2-3,6,9-11H,4-5,7-8,12H2,1H3;(H,6,7). The molecule has 31 heavy (non-hydrogen) atoms. The van der Waals surface area contributed by atoms with Crippen LogP contribution in [0.15, 0.2) is 36.9 Å². The molecule has 2 aromatic heterocycles. The summed E-state index contributed by atoms with van der Waals surface area (Å²) in [6, 6.07) is 3.52. The monoisotopic (exact) mass is 439 g/mol. The molecule has 0 saturated carbocycles. The van der Waals surface area contributed by atoms with Gasteiger partial charge in [0.15, 0.2) is 0 Å². The number of aromatic nitrogens is 3. The number of amides is 2. The van der Waals surface area contributed by atoms with Gasteiger partial charge in [0.05, 0.1) is 22.9 Å². The molecule has 2 fully saturated rings. The van der Waals surface area contributed by atoms with Crippen LogP contribution in [0.4, 0.5) is 18.9 Å². The number of likely N-dealkylation sites (tertiary alicyclic amines) is 1. The summed E-state index contributed by atoms with van der Waals surface area (Å²) in [7, 11) is 1.84. The number of pyridine rings is 1. The number of hydrogen-bond donors (Lipinski definition) is 1. The summed E-state index contributed by atoms with van der Waals surface area (Å²) in [6.45, 7) is 1.77. The molecule has 2 aliphatic heterocycles. The maximum Gasteiger partial charge on any atom is 0.490 e. The van der Waals surface area contributed by atoms with E-state index in [9.17, 15) is 22.8 Å². The predicted octanol–water partition coefficient (Wildman–Crippen LogP) is 1.72. The van der Waals surface area contributed by atoms with Crippen LogP contribution < -0.4 is 4.90 Å². The molecule has 166 valence electrons. The predicted molar refractivity (Wildman–Crippen MR) is 101 cm³/mol. The molecule has 2 amide bonds. The summed E-state index contributed by atoms with van der Waals surface area (Å²) in [6.07, 6.45) is 3.20. The van der Waals surface area contributed by atoms with Crippen molar-refractivity contribution in [2.45, 2.75) is 19.0 Å². The minimum Gasteiger partial charge on any atom is -0.475 e. The van der Waals surface area contributed by atoms with Crippen LogP contribution in [0.2, 0.25) is 0 Å². The molecular weight excluding hydrogens is 419 g/mol. The SMILES string of the molecule is Cn1cc(N2CCC3(CCN(C(=O)c4cccnc4)C3)C2=O)cn1.O=C(O)C(F)(F)F. The van der Waals surface area contributed by atoms with Gasteiger partial charge < -0.3 is 14.9 Å². The van der Waals surface area contributed by atoms with Gasteiger partial charge >= 0.3 is 12.1 Å². The lowest BCUT2D eigenvalue weighted by Crippen LogP contribution is -2.38. The van der Waals surface area contributed by atoms with Crippen molar-refractivity contribution < 1.29 is 32.7 Å². The molecule has 0 aromatic carbocycles. The highest BCUT2D eigenvalue weighted by atomic mass is 19.4. The molecule has 4 rings (SSSR count). The van der Waals surface area contributed by atoms with Crippen molar-refractivity contribution >= 4 is 23.5 Å². The Hall–Kier alpha value is -3.44. The first-order chi connectivity index (χ1) is 14.5. The Balaban J connectivity index is 0.000000339. The summed E-state index contributed by atoms with van der Waals surface area (Å²) in [5, 5.41) is 11.3. The average molecular weight is 439 g/mol. The Labute approximate surface area is 175 Å². The summed E-state index contributed by atoms with van der Waals surface area (Å²) in [5.41, 5.74) is 0.953. The van der Waals surface area contributed by atoms with E-state index < -0.39 is 17.6 Å². The van der Waals surface area contributed by atoms with Gasteiger partial charge in [0, 0.05) is 45.3 Å². The Kier molecular flexibility index (Phi) is 6.00. The number of halogens is 3. The van der Waals surface area contributed by atoms with Crippen molar-refractivity contribution in [3.63, 3.8) is 0 Å². The second-order valence-corrected chi connectivity index (χ2v) is 7.38. The fourth-order valence-corrected chi connectivity index (χ4v) is 3.71. The van der Waals surface area contributed by atoms with Gasteiger partial charge in [-0.15, -0.1) is 0 Å². The lowest BCUT2D eigenvalue weighted by molar-refractivity contribution is -0.192. The summed E-state index contributed by atoms with van der Waals surface area (Å²) in [4.78, 5) is 42.1. The first-order valence-corrected chi connectivity index (χ1v) is 9.33. The molecule has 12 heteroatoms. The van der Waals surface area contributed by atoms with E-state index in [0.29, 0.717) is 31.6 Å². The van der Waals surface area contributed by atoms with Gasteiger partial charge in [-0.25, -0.2) is 4.79 Å². The van der Waals surface area contributed by atoms with Gasteiger partial charge in [0.2, 0.25) is 5.91 Å². The van der Waals surface area contributed by atoms with Crippen LogP contribution in [-0.4, -0.2) is 68.4 Å². The number of carboxylic acids is 1. The minimum absolute atomic E-state index is 0.0485. The van der Waals surface area contributed by atoms with Gasteiger partial charge in [-0.2, -0.15) is 18.3 Å². The summed E-state index contributed by atoms with van der Waals surface area (Å²) >= 11 is 0. The highest BCUT2D eigenvalue weighted by Crippen LogP contribution is 2.42. The molecule has 9 nitrogen and oxygen atoms in total. The average Bonchev–Trinajstić information content (AvgIpc) is 3.43. The van der Waals surface area contributed by atoms with Crippen molar-refractivity contribution in [3.8, 4) is 0 Å². The molecule has 1 atom stereocenters. The third-order valence-corrected chi connectivity index (χ3v) is 5.31. The van der Waals surface area contributed by atoms with E-state index >= 15 is 0 Å². The van der Waals surface area contributed by atoms with Crippen LogP contribution in [0.25, 0.3) is 0 Å². The number of alkyl halides is 3. The highest BCUT2D eigenvalue weighted by Gasteiger charge is 2.52. The van der Waals surface area contributed by atoms with E-state index in [1.807, 2.05) is 13.2 Å². The number of nitrogens with zero attached hydrogens (tertiary/aromatic N) is 5. The molecule has 1 N–H and O–H groups in total. The van der Waals surface area contributed by atoms with E-state index in [4.69, 9.17) is 9.90 Å². The van der Waals surface area contributed by atoms with Gasteiger partial charge in [0.1, 0.15) is 0 Å². The van der Waals surface area contributed by atoms with Crippen molar-refractivity contribution in [2.24, 2.45) is 12.5 Å². The van der Waals surface area contributed by atoms with Crippen molar-refractivity contribution in [1.82, 2.24) is 19.7 Å². The molecule has 0 bridgehead atoms. The van der Waals surface area contributed by atoms with Crippen molar-refractivity contribution in [1.29, 1.82) is 0 Å². The molecule has 1 unspecified atom stereocenters. The number of carboxylic acid groups (broad SMARTS) is 1. The maximum absolute atomic E-state index is 13.0. The maximum atomic E-state index is 13.0. The number of hydrogen-bond acceptors (Lipinski definition) is 5. The summed E-state index contributed by atoms with van der Waals surface area (Å²) in [5.74, 6) is -2.70. The number of anilines is 1. The normalized spacial score (nSPS) is 20.7. The number of aliphatic carboxylic acids is 1. The Bertz CT molecular complexity index is 978. The Morgan fingerprint density at radius 2 is 1.87 bits per heavy atom. The van der Waals surface area contributed by atoms with Gasteiger partial charge in [0.25, 0.3) is 5.91 Å². The van der Waals surface area contributed by atoms with Crippen molar-refractivity contribution in [3.05, 3.63) is 42.5 Å². The van der Waals surface area contributed by atoms with Crippen molar-refractivity contribution in [2.75, 3.05) is 24.5 Å². The molecule has 2 aromatic rings. The molecule has 0 aliphatic carbocycles.